The van der Waals surface area contributed by atoms with Gasteiger partial charge in [0.05, 0.1) is 6.10 Å². The molecule has 2 rings (SSSR count). The first-order valence-corrected chi connectivity index (χ1v) is 7.33. The molecule has 1 heteroatoms. The lowest BCUT2D eigenvalue weighted by molar-refractivity contribution is 0.104. The third kappa shape index (κ3) is 4.48. The van der Waals surface area contributed by atoms with Gasteiger partial charge in [0.15, 0.2) is 0 Å². The number of allylic oxidation sites excluding steroid dienone is 3. The van der Waals surface area contributed by atoms with Crippen molar-refractivity contribution in [1.29, 1.82) is 0 Å². The van der Waals surface area contributed by atoms with Crippen molar-refractivity contribution in [1.82, 2.24) is 0 Å². The van der Waals surface area contributed by atoms with Crippen LogP contribution < -0.4 is 0 Å². The first kappa shape index (κ1) is 17.0. The molecule has 1 aliphatic rings. The number of rotatable bonds is 3. The summed E-state index contributed by atoms with van der Waals surface area (Å²) in [5, 5.41) is 0. The lowest BCUT2D eigenvalue weighted by Crippen LogP contribution is -2.07. The third-order valence-electron chi connectivity index (χ3n) is 3.13. The van der Waals surface area contributed by atoms with Crippen molar-refractivity contribution in [2.45, 2.75) is 32.8 Å². The Morgan fingerprint density at radius 3 is 2.43 bits per heavy atom. The van der Waals surface area contributed by atoms with Gasteiger partial charge in [-0.3, -0.25) is 0 Å². The summed E-state index contributed by atoms with van der Waals surface area (Å²) in [4.78, 5) is 0. The van der Waals surface area contributed by atoms with E-state index in [0.29, 0.717) is 0 Å². The molecule has 0 bridgehead atoms. The summed E-state index contributed by atoms with van der Waals surface area (Å²) in [6, 6.07) is 8.10. The van der Waals surface area contributed by atoms with Crippen molar-refractivity contribution < 1.29 is 4.74 Å². The number of methoxy groups -OCH3 is 1. The van der Waals surface area contributed by atoms with E-state index in [9.17, 15) is 0 Å². The van der Waals surface area contributed by atoms with Gasteiger partial charge in [0.2, 0.25) is 0 Å². The highest BCUT2D eigenvalue weighted by atomic mass is 16.5. The molecule has 0 radical (unpaired) electrons. The Kier molecular flexibility index (Phi) is 7.29. The molecular formula is C20H24O. The standard InChI is InChI=1S/C17H16O.C3H8/c1-4-13-10-11-15-8-6-7-9-16(15)17(18-3)12-14(13)5-2;1-3-2/h4-9,17H,1-2,12H2,3H3;3H2,1-2H3/b14-13-;. The van der Waals surface area contributed by atoms with Crippen LogP contribution in [0.25, 0.3) is 0 Å². The molecule has 0 saturated heterocycles. The van der Waals surface area contributed by atoms with Gasteiger partial charge in [0.1, 0.15) is 0 Å². The Labute approximate surface area is 129 Å². The summed E-state index contributed by atoms with van der Waals surface area (Å²) in [7, 11) is 1.73. The maximum absolute atomic E-state index is 5.59. The smallest absolute Gasteiger partial charge is 0.0873 e. The molecule has 1 unspecified atom stereocenters. The Hall–Kier alpha value is -2.04. The number of fused-ring (bicyclic) bond motifs is 1. The Morgan fingerprint density at radius 2 is 1.86 bits per heavy atom. The van der Waals surface area contributed by atoms with Crippen LogP contribution in [-0.2, 0) is 4.74 Å². The van der Waals surface area contributed by atoms with Crippen LogP contribution in [0.3, 0.4) is 0 Å². The summed E-state index contributed by atoms with van der Waals surface area (Å²) in [5.41, 5.74) is 4.17. The Bertz CT molecular complexity index is 581. The molecule has 1 aromatic carbocycles. The van der Waals surface area contributed by atoms with Crippen molar-refractivity contribution in [2.75, 3.05) is 7.11 Å². The minimum absolute atomic E-state index is 0.0127. The molecule has 1 nitrogen and oxygen atoms in total. The maximum atomic E-state index is 5.59. The second kappa shape index (κ2) is 9.00. The van der Waals surface area contributed by atoms with E-state index in [0.717, 1.165) is 28.7 Å². The third-order valence-corrected chi connectivity index (χ3v) is 3.13. The van der Waals surface area contributed by atoms with Crippen molar-refractivity contribution in [2.24, 2.45) is 0 Å². The SMILES string of the molecule is C=C/C1=C(\C=C)CC(OC)c2ccccc2C#C1.CCC. The molecule has 0 aliphatic heterocycles. The molecule has 1 aliphatic carbocycles. The Morgan fingerprint density at radius 1 is 1.19 bits per heavy atom. The molecule has 0 spiro atoms. The molecular weight excluding hydrogens is 256 g/mol. The van der Waals surface area contributed by atoms with Crippen LogP contribution in [0.4, 0.5) is 0 Å². The van der Waals surface area contributed by atoms with Crippen molar-refractivity contribution in [3.63, 3.8) is 0 Å². The van der Waals surface area contributed by atoms with Gasteiger partial charge in [-0.2, -0.15) is 0 Å². The predicted octanol–water partition coefficient (Wildman–Crippen LogP) is 5.21. The second-order valence-electron chi connectivity index (χ2n) is 4.82. The lowest BCUT2D eigenvalue weighted by Gasteiger charge is -2.20. The molecule has 0 saturated carbocycles. The Balaban J connectivity index is 0.000000677. The first-order valence-electron chi connectivity index (χ1n) is 7.33. The molecule has 0 heterocycles. The zero-order valence-corrected chi connectivity index (χ0v) is 13.3. The second-order valence-corrected chi connectivity index (χ2v) is 4.82. The van der Waals surface area contributed by atoms with Crippen LogP contribution >= 0.6 is 0 Å². The normalized spacial score (nSPS) is 19.7. The van der Waals surface area contributed by atoms with Crippen LogP contribution in [-0.4, -0.2) is 7.11 Å². The molecule has 21 heavy (non-hydrogen) atoms. The van der Waals surface area contributed by atoms with E-state index in [1.54, 1.807) is 13.2 Å². The molecule has 0 N–H and O–H groups in total. The van der Waals surface area contributed by atoms with Crippen LogP contribution in [0.5, 0.6) is 0 Å². The quantitative estimate of drug-likeness (QED) is 0.690. The van der Waals surface area contributed by atoms with E-state index in [2.05, 4.69) is 44.9 Å². The highest BCUT2D eigenvalue weighted by Crippen LogP contribution is 2.30. The lowest BCUT2D eigenvalue weighted by atomic mass is 9.92. The number of hydrogen-bond acceptors (Lipinski definition) is 1. The van der Waals surface area contributed by atoms with Gasteiger partial charge in [0, 0.05) is 24.7 Å². The van der Waals surface area contributed by atoms with Crippen LogP contribution in [0, 0.1) is 11.8 Å². The summed E-state index contributed by atoms with van der Waals surface area (Å²) in [6.45, 7) is 11.9. The first-order chi connectivity index (χ1) is 10.2. The molecule has 1 atom stereocenters. The molecule has 0 aromatic heterocycles. The number of hydrogen-bond donors (Lipinski definition) is 0. The van der Waals surface area contributed by atoms with Crippen LogP contribution in [0.2, 0.25) is 0 Å². The van der Waals surface area contributed by atoms with Gasteiger partial charge in [0.25, 0.3) is 0 Å². The minimum atomic E-state index is 0.0127. The fraction of sp³-hybridized carbons (Fsp3) is 0.300. The zero-order valence-electron chi connectivity index (χ0n) is 13.3. The van der Waals surface area contributed by atoms with Crippen molar-refractivity contribution >= 4 is 0 Å². The van der Waals surface area contributed by atoms with Crippen LogP contribution in [0.15, 0.2) is 60.7 Å². The monoisotopic (exact) mass is 280 g/mol. The molecule has 1 aromatic rings. The molecule has 110 valence electrons. The van der Waals surface area contributed by atoms with Crippen molar-refractivity contribution in [3.05, 3.63) is 71.8 Å². The van der Waals surface area contributed by atoms with E-state index < -0.39 is 0 Å². The average Bonchev–Trinajstić information content (AvgIpc) is 2.50. The number of benzene rings is 1. The van der Waals surface area contributed by atoms with Gasteiger partial charge in [-0.05, 0) is 17.2 Å². The van der Waals surface area contributed by atoms with Gasteiger partial charge in [-0.15, -0.1) is 0 Å². The highest BCUT2D eigenvalue weighted by Gasteiger charge is 2.17. The van der Waals surface area contributed by atoms with Crippen LogP contribution in [0.1, 0.15) is 43.9 Å². The predicted molar refractivity (Wildman–Crippen MR) is 91.1 cm³/mol. The highest BCUT2D eigenvalue weighted by molar-refractivity contribution is 5.53. The summed E-state index contributed by atoms with van der Waals surface area (Å²) in [6.07, 6.45) is 5.65. The van der Waals surface area contributed by atoms with E-state index in [1.165, 1.54) is 6.42 Å². The van der Waals surface area contributed by atoms with Gasteiger partial charge in [-0.25, -0.2) is 0 Å². The topological polar surface area (TPSA) is 9.23 Å². The summed E-state index contributed by atoms with van der Waals surface area (Å²) in [5.74, 6) is 6.35. The fourth-order valence-corrected chi connectivity index (χ4v) is 2.11. The average molecular weight is 280 g/mol. The zero-order chi connectivity index (χ0) is 15.7. The summed E-state index contributed by atoms with van der Waals surface area (Å²) >= 11 is 0. The van der Waals surface area contributed by atoms with Gasteiger partial charge in [-0.1, -0.05) is 75.6 Å². The van der Waals surface area contributed by atoms with Gasteiger partial charge < -0.3 is 4.74 Å². The van der Waals surface area contributed by atoms with E-state index >= 15 is 0 Å². The van der Waals surface area contributed by atoms with E-state index in [4.69, 9.17) is 4.74 Å². The minimum Gasteiger partial charge on any atom is -0.376 e. The number of ether oxygens (including phenoxy) is 1. The van der Waals surface area contributed by atoms with Gasteiger partial charge >= 0.3 is 0 Å². The fourth-order valence-electron chi connectivity index (χ4n) is 2.11. The molecule has 0 amide bonds. The molecule has 0 fully saturated rings. The largest absolute Gasteiger partial charge is 0.376 e. The van der Waals surface area contributed by atoms with Crippen molar-refractivity contribution in [3.8, 4) is 11.8 Å². The van der Waals surface area contributed by atoms with E-state index in [1.807, 2.05) is 24.3 Å². The summed E-state index contributed by atoms with van der Waals surface area (Å²) < 4.78 is 5.59. The van der Waals surface area contributed by atoms with E-state index in [-0.39, 0.29) is 6.10 Å². The maximum Gasteiger partial charge on any atom is 0.0873 e.